The summed E-state index contributed by atoms with van der Waals surface area (Å²) in [5, 5.41) is 0. The summed E-state index contributed by atoms with van der Waals surface area (Å²) in [6.45, 7) is 2.86. The summed E-state index contributed by atoms with van der Waals surface area (Å²) < 4.78 is 0. The van der Waals surface area contributed by atoms with Crippen molar-refractivity contribution in [2.24, 2.45) is 5.41 Å². The Kier molecular flexibility index (Phi) is 3.94. The van der Waals surface area contributed by atoms with Crippen LogP contribution in [0.25, 0.3) is 0 Å². The molecule has 0 aromatic rings. The summed E-state index contributed by atoms with van der Waals surface area (Å²) in [6.07, 6.45) is 5.19. The van der Waals surface area contributed by atoms with E-state index < -0.39 is 0 Å². The molecule has 2 aliphatic rings. The van der Waals surface area contributed by atoms with E-state index in [1.54, 1.807) is 11.0 Å². The average Bonchev–Trinajstić information content (AvgIpc) is 2.90. The van der Waals surface area contributed by atoms with E-state index in [0.29, 0.717) is 13.1 Å². The molecule has 0 aliphatic carbocycles. The summed E-state index contributed by atoms with van der Waals surface area (Å²) in [5.74, 6) is 0.237. The van der Waals surface area contributed by atoms with Crippen molar-refractivity contribution >= 4 is 11.8 Å². The zero-order valence-electron chi connectivity index (χ0n) is 12.1. The summed E-state index contributed by atoms with van der Waals surface area (Å²) >= 11 is 0. The number of amides is 2. The molecular formula is C14H23N3O2. The van der Waals surface area contributed by atoms with Crippen molar-refractivity contribution in [2.45, 2.75) is 12.8 Å². The van der Waals surface area contributed by atoms with E-state index in [2.05, 4.69) is 0 Å². The Hall–Kier alpha value is -1.36. The fourth-order valence-corrected chi connectivity index (χ4v) is 2.90. The van der Waals surface area contributed by atoms with Gasteiger partial charge in [0.05, 0.1) is 5.41 Å². The number of likely N-dealkylation sites (N-methyl/N-ethyl adjacent to an activating group) is 1. The van der Waals surface area contributed by atoms with E-state index in [1.165, 1.54) is 0 Å². The van der Waals surface area contributed by atoms with E-state index in [1.807, 2.05) is 37.0 Å². The first-order valence-corrected chi connectivity index (χ1v) is 6.80. The highest BCUT2D eigenvalue weighted by Crippen LogP contribution is 2.40. The van der Waals surface area contributed by atoms with E-state index in [-0.39, 0.29) is 17.2 Å². The van der Waals surface area contributed by atoms with Gasteiger partial charge in [0.2, 0.25) is 11.8 Å². The minimum atomic E-state index is -0.292. The molecule has 2 aliphatic heterocycles. The second-order valence-corrected chi connectivity index (χ2v) is 5.93. The summed E-state index contributed by atoms with van der Waals surface area (Å²) in [5.41, 5.74) is -0.292. The maximum atomic E-state index is 12.2. The van der Waals surface area contributed by atoms with Crippen LogP contribution < -0.4 is 0 Å². The third kappa shape index (κ3) is 2.81. The van der Waals surface area contributed by atoms with Crippen molar-refractivity contribution < 1.29 is 9.59 Å². The van der Waals surface area contributed by atoms with Crippen LogP contribution in [0.15, 0.2) is 12.2 Å². The van der Waals surface area contributed by atoms with Crippen LogP contribution in [-0.2, 0) is 9.59 Å². The van der Waals surface area contributed by atoms with Crippen LogP contribution >= 0.6 is 0 Å². The Balaban J connectivity index is 1.93. The fraction of sp³-hybridized carbons (Fsp3) is 0.714. The molecule has 0 saturated carbocycles. The molecule has 1 unspecified atom stereocenters. The zero-order chi connectivity index (χ0) is 14.0. The Morgan fingerprint density at radius 2 is 2.05 bits per heavy atom. The number of rotatable bonds is 3. The quantitative estimate of drug-likeness (QED) is 0.684. The molecule has 2 rings (SSSR count). The number of carbonyl (C=O) groups excluding carboxylic acids is 2. The van der Waals surface area contributed by atoms with Gasteiger partial charge < -0.3 is 14.7 Å². The van der Waals surface area contributed by atoms with Crippen LogP contribution in [0.3, 0.4) is 0 Å². The molecule has 19 heavy (non-hydrogen) atoms. The normalized spacial score (nSPS) is 27.5. The molecule has 5 nitrogen and oxygen atoms in total. The maximum Gasteiger partial charge on any atom is 0.246 e. The van der Waals surface area contributed by atoms with Crippen LogP contribution in [-0.4, -0.2) is 73.8 Å². The van der Waals surface area contributed by atoms with Gasteiger partial charge in [0.1, 0.15) is 0 Å². The van der Waals surface area contributed by atoms with Crippen LogP contribution in [0, 0.1) is 5.41 Å². The van der Waals surface area contributed by atoms with Gasteiger partial charge in [0.25, 0.3) is 0 Å². The second-order valence-electron chi connectivity index (χ2n) is 5.93. The molecule has 0 bridgehead atoms. The molecule has 106 valence electrons. The molecule has 1 atom stereocenters. The third-order valence-corrected chi connectivity index (χ3v) is 4.12. The molecule has 5 heteroatoms. The number of hydrogen-bond donors (Lipinski definition) is 0. The lowest BCUT2D eigenvalue weighted by Gasteiger charge is -2.21. The molecule has 0 aromatic heterocycles. The smallest absolute Gasteiger partial charge is 0.246 e. The maximum absolute atomic E-state index is 12.2. The Bertz CT molecular complexity index is 405. The van der Waals surface area contributed by atoms with Gasteiger partial charge in [-0.2, -0.15) is 0 Å². The van der Waals surface area contributed by atoms with Crippen molar-refractivity contribution in [1.29, 1.82) is 0 Å². The van der Waals surface area contributed by atoms with Gasteiger partial charge in [-0.3, -0.25) is 9.59 Å². The minimum absolute atomic E-state index is 0.0288. The highest BCUT2D eigenvalue weighted by molar-refractivity contribution is 5.90. The minimum Gasteiger partial charge on any atom is -0.345 e. The van der Waals surface area contributed by atoms with E-state index in [9.17, 15) is 9.59 Å². The van der Waals surface area contributed by atoms with Crippen LogP contribution in [0.5, 0.6) is 0 Å². The standard InChI is InChI=1S/C14H23N3O2/c1-15(2)8-4-5-12(18)17-10-7-14(11-17)6-9-16(3)13(14)19/h4-5H,6-11H2,1-3H3/b5-4+. The van der Waals surface area contributed by atoms with Gasteiger partial charge in [0.15, 0.2) is 0 Å². The molecule has 2 saturated heterocycles. The van der Waals surface area contributed by atoms with Gasteiger partial charge >= 0.3 is 0 Å². The average molecular weight is 265 g/mol. The van der Waals surface area contributed by atoms with Crippen molar-refractivity contribution in [3.8, 4) is 0 Å². The lowest BCUT2D eigenvalue weighted by atomic mass is 9.86. The van der Waals surface area contributed by atoms with Gasteiger partial charge in [-0.1, -0.05) is 6.08 Å². The van der Waals surface area contributed by atoms with Crippen molar-refractivity contribution in [1.82, 2.24) is 14.7 Å². The molecule has 0 N–H and O–H groups in total. The first kappa shape index (κ1) is 14.1. The predicted octanol–water partition coefficient (Wildman–Crippen LogP) is 0.185. The van der Waals surface area contributed by atoms with Crippen LogP contribution in [0.2, 0.25) is 0 Å². The topological polar surface area (TPSA) is 43.9 Å². The predicted molar refractivity (Wildman–Crippen MR) is 73.6 cm³/mol. The fourth-order valence-electron chi connectivity index (χ4n) is 2.90. The molecule has 0 radical (unpaired) electrons. The SMILES string of the molecule is CN(C)C/C=C/C(=O)N1CCC2(CCN(C)C2=O)C1. The lowest BCUT2D eigenvalue weighted by Crippen LogP contribution is -2.36. The molecule has 2 heterocycles. The van der Waals surface area contributed by atoms with Crippen molar-refractivity contribution in [3.63, 3.8) is 0 Å². The lowest BCUT2D eigenvalue weighted by molar-refractivity contribution is -0.134. The van der Waals surface area contributed by atoms with Crippen molar-refractivity contribution in [3.05, 3.63) is 12.2 Å². The number of hydrogen-bond acceptors (Lipinski definition) is 3. The zero-order valence-corrected chi connectivity index (χ0v) is 12.1. The molecule has 2 amide bonds. The number of likely N-dealkylation sites (tertiary alicyclic amines) is 2. The number of nitrogens with zero attached hydrogens (tertiary/aromatic N) is 3. The molecular weight excluding hydrogens is 242 g/mol. The number of carbonyl (C=O) groups is 2. The van der Waals surface area contributed by atoms with Gasteiger partial charge in [-0.15, -0.1) is 0 Å². The monoisotopic (exact) mass is 265 g/mol. The van der Waals surface area contributed by atoms with E-state index in [0.717, 1.165) is 25.9 Å². The van der Waals surface area contributed by atoms with E-state index >= 15 is 0 Å². The summed E-state index contributed by atoms with van der Waals surface area (Å²) in [4.78, 5) is 29.8. The Morgan fingerprint density at radius 3 is 2.63 bits per heavy atom. The first-order valence-electron chi connectivity index (χ1n) is 6.80. The van der Waals surface area contributed by atoms with Gasteiger partial charge in [0, 0.05) is 39.3 Å². The van der Waals surface area contributed by atoms with Crippen molar-refractivity contribution in [2.75, 3.05) is 47.3 Å². The molecule has 1 spiro atoms. The van der Waals surface area contributed by atoms with E-state index in [4.69, 9.17) is 0 Å². The highest BCUT2D eigenvalue weighted by Gasteiger charge is 2.50. The third-order valence-electron chi connectivity index (χ3n) is 4.12. The molecule has 2 fully saturated rings. The van der Waals surface area contributed by atoms with Crippen LogP contribution in [0.1, 0.15) is 12.8 Å². The Labute approximate surface area is 114 Å². The first-order chi connectivity index (χ1) is 8.94. The summed E-state index contributed by atoms with van der Waals surface area (Å²) in [6, 6.07) is 0. The largest absolute Gasteiger partial charge is 0.345 e. The molecule has 0 aromatic carbocycles. The highest BCUT2D eigenvalue weighted by atomic mass is 16.2. The second kappa shape index (κ2) is 5.33. The Morgan fingerprint density at radius 1 is 1.37 bits per heavy atom. The van der Waals surface area contributed by atoms with Crippen LogP contribution in [0.4, 0.5) is 0 Å². The van der Waals surface area contributed by atoms with Gasteiger partial charge in [-0.05, 0) is 26.9 Å². The van der Waals surface area contributed by atoms with Gasteiger partial charge in [-0.25, -0.2) is 0 Å². The summed E-state index contributed by atoms with van der Waals surface area (Å²) in [7, 11) is 5.78.